The second kappa shape index (κ2) is 5.59. The van der Waals surface area contributed by atoms with Gasteiger partial charge in [-0.1, -0.05) is 6.07 Å². The Morgan fingerprint density at radius 2 is 2.05 bits per heavy atom. The molecule has 1 aliphatic rings. The molecule has 2 N–H and O–H groups in total. The quantitative estimate of drug-likeness (QED) is 0.842. The van der Waals surface area contributed by atoms with Gasteiger partial charge in [0.25, 0.3) is 0 Å². The molecule has 1 aromatic heterocycles. The molecule has 4 nitrogen and oxygen atoms in total. The van der Waals surface area contributed by atoms with E-state index in [1.165, 1.54) is 24.0 Å². The van der Waals surface area contributed by atoms with E-state index < -0.39 is 0 Å². The number of carbonyl (C=O) groups excluding carboxylic acids is 1. The number of piperidine rings is 1. The molecule has 0 saturated carbocycles. The van der Waals surface area contributed by atoms with Crippen LogP contribution in [0.4, 0.5) is 5.82 Å². The van der Waals surface area contributed by atoms with E-state index in [4.69, 9.17) is 0 Å². The Morgan fingerprint density at radius 3 is 2.80 bits per heavy atom. The van der Waals surface area contributed by atoms with Crippen LogP contribution in [0.5, 0.6) is 0 Å². The molecule has 1 amide bonds. The first-order chi connectivity index (χ1) is 9.78. The topological polar surface area (TPSA) is 54.0 Å². The first-order valence-electron chi connectivity index (χ1n) is 7.09. The van der Waals surface area contributed by atoms with E-state index in [1.807, 2.05) is 12.3 Å². The number of amides is 1. The molecular formula is C16H19N3O. The van der Waals surface area contributed by atoms with Gasteiger partial charge in [0.05, 0.1) is 0 Å². The lowest BCUT2D eigenvalue weighted by Gasteiger charge is -2.25. The normalized spacial score (nSPS) is 16.2. The Morgan fingerprint density at radius 1 is 1.25 bits per heavy atom. The number of anilines is 1. The van der Waals surface area contributed by atoms with Crippen molar-refractivity contribution in [3.63, 3.8) is 0 Å². The Balaban J connectivity index is 2.03. The van der Waals surface area contributed by atoms with E-state index in [9.17, 15) is 4.79 Å². The highest BCUT2D eigenvalue weighted by atomic mass is 16.1. The lowest BCUT2D eigenvalue weighted by atomic mass is 9.86. The highest BCUT2D eigenvalue weighted by Gasteiger charge is 2.17. The Labute approximate surface area is 118 Å². The summed E-state index contributed by atoms with van der Waals surface area (Å²) in [6, 6.07) is 6.40. The lowest BCUT2D eigenvalue weighted by molar-refractivity contribution is -0.105. The molecule has 0 bridgehead atoms. The minimum absolute atomic E-state index is 0.604. The number of fused-ring (bicyclic) bond motifs is 1. The Hall–Kier alpha value is -1.94. The highest BCUT2D eigenvalue weighted by molar-refractivity contribution is 5.87. The summed E-state index contributed by atoms with van der Waals surface area (Å²) in [6.45, 7) is 4.36. The largest absolute Gasteiger partial charge is 0.317 e. The summed E-state index contributed by atoms with van der Waals surface area (Å²) in [4.78, 5) is 14.7. The third-order valence-corrected chi connectivity index (χ3v) is 4.09. The fourth-order valence-corrected chi connectivity index (χ4v) is 3.04. The third kappa shape index (κ3) is 2.51. The number of rotatable bonds is 3. The molecule has 1 aromatic carbocycles. The second-order valence-electron chi connectivity index (χ2n) is 5.41. The fraction of sp³-hybridized carbons (Fsp3) is 0.375. The molecule has 2 heterocycles. The summed E-state index contributed by atoms with van der Waals surface area (Å²) in [5.74, 6) is 1.24. The van der Waals surface area contributed by atoms with E-state index in [0.29, 0.717) is 18.1 Å². The van der Waals surface area contributed by atoms with Gasteiger partial charge in [0.1, 0.15) is 5.82 Å². The second-order valence-corrected chi connectivity index (χ2v) is 5.41. The predicted molar refractivity (Wildman–Crippen MR) is 81.0 cm³/mol. The fourth-order valence-electron chi connectivity index (χ4n) is 3.04. The van der Waals surface area contributed by atoms with Crippen LogP contribution in [0, 0.1) is 6.92 Å². The van der Waals surface area contributed by atoms with Gasteiger partial charge in [-0.05, 0) is 67.4 Å². The zero-order chi connectivity index (χ0) is 13.9. The van der Waals surface area contributed by atoms with Gasteiger partial charge in [0, 0.05) is 11.6 Å². The van der Waals surface area contributed by atoms with Gasteiger partial charge in [0.15, 0.2) is 0 Å². The van der Waals surface area contributed by atoms with Crippen LogP contribution in [0.15, 0.2) is 24.4 Å². The first-order valence-corrected chi connectivity index (χ1v) is 7.09. The molecule has 4 heteroatoms. The van der Waals surface area contributed by atoms with Crippen LogP contribution in [0.2, 0.25) is 0 Å². The van der Waals surface area contributed by atoms with Crippen molar-refractivity contribution in [1.29, 1.82) is 0 Å². The number of pyridine rings is 1. The van der Waals surface area contributed by atoms with Crippen molar-refractivity contribution in [2.45, 2.75) is 25.7 Å². The molecule has 2 aromatic rings. The number of aromatic nitrogens is 1. The van der Waals surface area contributed by atoms with Crippen LogP contribution in [0.25, 0.3) is 10.8 Å². The number of hydrogen-bond donors (Lipinski definition) is 2. The van der Waals surface area contributed by atoms with Crippen LogP contribution in [0.3, 0.4) is 0 Å². The van der Waals surface area contributed by atoms with Crippen molar-refractivity contribution >= 4 is 23.0 Å². The van der Waals surface area contributed by atoms with Gasteiger partial charge in [-0.2, -0.15) is 0 Å². The molecule has 1 fully saturated rings. The van der Waals surface area contributed by atoms with E-state index in [0.717, 1.165) is 23.9 Å². The number of hydrogen-bond acceptors (Lipinski definition) is 3. The maximum absolute atomic E-state index is 10.5. The van der Waals surface area contributed by atoms with Gasteiger partial charge >= 0.3 is 0 Å². The van der Waals surface area contributed by atoms with Crippen LogP contribution < -0.4 is 10.6 Å². The molecular weight excluding hydrogens is 250 g/mol. The zero-order valence-corrected chi connectivity index (χ0v) is 11.6. The van der Waals surface area contributed by atoms with Gasteiger partial charge in [0.2, 0.25) is 6.41 Å². The molecule has 104 valence electrons. The maximum atomic E-state index is 10.5. The van der Waals surface area contributed by atoms with E-state index in [1.54, 1.807) is 0 Å². The molecule has 0 atom stereocenters. The van der Waals surface area contributed by atoms with Crippen molar-refractivity contribution in [2.24, 2.45) is 0 Å². The van der Waals surface area contributed by atoms with Crippen molar-refractivity contribution in [3.8, 4) is 0 Å². The summed E-state index contributed by atoms with van der Waals surface area (Å²) in [5, 5.41) is 8.28. The Bertz CT molecular complexity index is 633. The van der Waals surface area contributed by atoms with E-state index >= 15 is 0 Å². The van der Waals surface area contributed by atoms with Crippen LogP contribution in [-0.2, 0) is 4.79 Å². The molecule has 0 aliphatic carbocycles. The van der Waals surface area contributed by atoms with Gasteiger partial charge in [-0.3, -0.25) is 4.79 Å². The predicted octanol–water partition coefficient (Wildman–Crippen LogP) is 2.58. The third-order valence-electron chi connectivity index (χ3n) is 4.09. The Kier molecular flexibility index (Phi) is 3.65. The van der Waals surface area contributed by atoms with Crippen LogP contribution in [0.1, 0.15) is 29.9 Å². The molecule has 0 radical (unpaired) electrons. The highest BCUT2D eigenvalue weighted by Crippen LogP contribution is 2.31. The number of nitrogens with zero attached hydrogens (tertiary/aromatic N) is 1. The van der Waals surface area contributed by atoms with Crippen LogP contribution in [-0.4, -0.2) is 24.5 Å². The molecule has 3 rings (SSSR count). The molecule has 1 aliphatic heterocycles. The van der Waals surface area contributed by atoms with Crippen molar-refractivity contribution in [2.75, 3.05) is 18.4 Å². The molecule has 20 heavy (non-hydrogen) atoms. The van der Waals surface area contributed by atoms with Crippen molar-refractivity contribution in [1.82, 2.24) is 10.3 Å². The van der Waals surface area contributed by atoms with Gasteiger partial charge in [-0.15, -0.1) is 0 Å². The summed E-state index contributed by atoms with van der Waals surface area (Å²) < 4.78 is 0. The minimum atomic E-state index is 0.604. The summed E-state index contributed by atoms with van der Waals surface area (Å²) in [7, 11) is 0. The summed E-state index contributed by atoms with van der Waals surface area (Å²) >= 11 is 0. The maximum Gasteiger partial charge on any atom is 0.212 e. The number of carbonyl (C=O) groups is 1. The van der Waals surface area contributed by atoms with E-state index in [2.05, 4.69) is 34.7 Å². The smallest absolute Gasteiger partial charge is 0.212 e. The standard InChI is InChI=1S/C16H19N3O/c1-11-6-14-9-18-16(19-10-20)8-13(14)7-15(11)12-2-4-17-5-3-12/h6-10,12,17H,2-5H2,1H3,(H,18,19,20). The zero-order valence-electron chi connectivity index (χ0n) is 11.6. The van der Waals surface area contributed by atoms with Crippen molar-refractivity contribution in [3.05, 3.63) is 35.5 Å². The average molecular weight is 269 g/mol. The molecule has 1 saturated heterocycles. The first kappa shape index (κ1) is 13.1. The number of aryl methyl sites for hydroxylation is 1. The summed E-state index contributed by atoms with van der Waals surface area (Å²) in [5.41, 5.74) is 2.77. The van der Waals surface area contributed by atoms with Gasteiger partial charge in [-0.25, -0.2) is 4.98 Å². The van der Waals surface area contributed by atoms with Crippen LogP contribution >= 0.6 is 0 Å². The van der Waals surface area contributed by atoms with Gasteiger partial charge < -0.3 is 10.6 Å². The lowest BCUT2D eigenvalue weighted by Crippen LogP contribution is -2.26. The average Bonchev–Trinajstić information content (AvgIpc) is 2.48. The monoisotopic (exact) mass is 269 g/mol. The minimum Gasteiger partial charge on any atom is -0.317 e. The SMILES string of the molecule is Cc1cc2cnc(NC=O)cc2cc1C1CCNCC1. The molecule has 0 spiro atoms. The summed E-state index contributed by atoms with van der Waals surface area (Å²) in [6.07, 6.45) is 4.87. The van der Waals surface area contributed by atoms with Crippen molar-refractivity contribution < 1.29 is 4.79 Å². The van der Waals surface area contributed by atoms with E-state index in [-0.39, 0.29) is 0 Å². The molecule has 0 unspecified atom stereocenters. The number of benzene rings is 1. The number of nitrogens with one attached hydrogen (secondary N) is 2.